The second-order valence-electron chi connectivity index (χ2n) is 3.25. The van der Waals surface area contributed by atoms with Crippen molar-refractivity contribution in [2.75, 3.05) is 0 Å². The van der Waals surface area contributed by atoms with E-state index >= 15 is 0 Å². The van der Waals surface area contributed by atoms with Crippen molar-refractivity contribution >= 4 is 11.0 Å². The summed E-state index contributed by atoms with van der Waals surface area (Å²) >= 11 is 0. The molecule has 5 nitrogen and oxygen atoms in total. The van der Waals surface area contributed by atoms with E-state index in [1.54, 1.807) is 24.4 Å². The molecule has 0 radical (unpaired) electrons. The molecular weight excluding hydrogens is 216 g/mol. The first-order valence-corrected chi connectivity index (χ1v) is 5.11. The molecule has 1 aromatic heterocycles. The van der Waals surface area contributed by atoms with Crippen molar-refractivity contribution in [3.63, 3.8) is 0 Å². The largest absolute Gasteiger partial charge is 0.495 e. The number of aromatic nitrogens is 3. The van der Waals surface area contributed by atoms with Gasteiger partial charge in [-0.15, -0.1) is 0 Å². The summed E-state index contributed by atoms with van der Waals surface area (Å²) in [6.45, 7) is 0. The number of aliphatic hydroxyl groups is 1. The fourth-order valence-corrected chi connectivity index (χ4v) is 1.23. The van der Waals surface area contributed by atoms with E-state index in [2.05, 4.69) is 20.7 Å². The maximum absolute atomic E-state index is 8.74. The van der Waals surface area contributed by atoms with E-state index in [0.29, 0.717) is 0 Å². The van der Waals surface area contributed by atoms with Crippen LogP contribution in [0.2, 0.25) is 0 Å². The SMILES string of the molecule is OC1=CC=CC=CN1.c1ccc2n[nH]nc2c1. The second kappa shape index (κ2) is 5.50. The number of aliphatic hydroxyl groups excluding tert-OH is 1. The van der Waals surface area contributed by atoms with Crippen LogP contribution in [0.3, 0.4) is 0 Å². The number of fused-ring (bicyclic) bond motifs is 1. The quantitative estimate of drug-likeness (QED) is 0.645. The first-order chi connectivity index (χ1) is 8.36. The maximum Gasteiger partial charge on any atom is 0.188 e. The minimum atomic E-state index is 0.176. The van der Waals surface area contributed by atoms with Crippen molar-refractivity contribution < 1.29 is 5.11 Å². The van der Waals surface area contributed by atoms with E-state index in [-0.39, 0.29) is 5.88 Å². The van der Waals surface area contributed by atoms with E-state index < -0.39 is 0 Å². The number of para-hydroxylation sites is 2. The van der Waals surface area contributed by atoms with Crippen molar-refractivity contribution in [3.05, 3.63) is 60.7 Å². The van der Waals surface area contributed by atoms with Crippen LogP contribution >= 0.6 is 0 Å². The number of nitrogens with one attached hydrogen (secondary N) is 2. The summed E-state index contributed by atoms with van der Waals surface area (Å²) < 4.78 is 0. The third kappa shape index (κ3) is 3.20. The molecule has 0 saturated heterocycles. The molecule has 1 aromatic carbocycles. The van der Waals surface area contributed by atoms with Gasteiger partial charge in [0, 0.05) is 6.20 Å². The summed E-state index contributed by atoms with van der Waals surface area (Å²) in [7, 11) is 0. The molecule has 0 fully saturated rings. The second-order valence-corrected chi connectivity index (χ2v) is 3.25. The lowest BCUT2D eigenvalue weighted by Crippen LogP contribution is -2.01. The number of hydrogen-bond acceptors (Lipinski definition) is 4. The molecule has 0 saturated carbocycles. The van der Waals surface area contributed by atoms with Gasteiger partial charge >= 0.3 is 0 Å². The molecule has 2 heterocycles. The highest BCUT2D eigenvalue weighted by Gasteiger charge is 1.90. The van der Waals surface area contributed by atoms with Gasteiger partial charge in [0.2, 0.25) is 0 Å². The van der Waals surface area contributed by atoms with E-state index in [0.717, 1.165) is 11.0 Å². The zero-order valence-electron chi connectivity index (χ0n) is 9.04. The van der Waals surface area contributed by atoms with Crippen molar-refractivity contribution in [3.8, 4) is 0 Å². The Morgan fingerprint density at radius 3 is 2.35 bits per heavy atom. The van der Waals surface area contributed by atoms with Crippen molar-refractivity contribution in [2.45, 2.75) is 0 Å². The summed E-state index contributed by atoms with van der Waals surface area (Å²) in [5.74, 6) is 0.176. The van der Waals surface area contributed by atoms with Crippen LogP contribution in [0.5, 0.6) is 0 Å². The number of H-pyrrole nitrogens is 1. The van der Waals surface area contributed by atoms with Crippen LogP contribution in [0.15, 0.2) is 60.7 Å². The molecule has 0 atom stereocenters. The van der Waals surface area contributed by atoms with Crippen LogP contribution in [-0.4, -0.2) is 20.5 Å². The smallest absolute Gasteiger partial charge is 0.188 e. The average Bonchev–Trinajstić information content (AvgIpc) is 2.71. The van der Waals surface area contributed by atoms with Gasteiger partial charge in [-0.2, -0.15) is 15.4 Å². The lowest BCUT2D eigenvalue weighted by atomic mass is 10.3. The maximum atomic E-state index is 8.74. The highest BCUT2D eigenvalue weighted by atomic mass is 16.3. The molecule has 17 heavy (non-hydrogen) atoms. The predicted molar refractivity (Wildman–Crippen MR) is 66.0 cm³/mol. The summed E-state index contributed by atoms with van der Waals surface area (Å²) in [5.41, 5.74) is 1.83. The molecule has 1 aliphatic rings. The lowest BCUT2D eigenvalue weighted by Gasteiger charge is -1.91. The standard InChI is InChI=1S/C6H5N3.C6H7NO/c1-2-4-6-5(3-1)7-9-8-6;8-6-4-2-1-3-5-7-6/h1-4H,(H,7,8,9);1-5,7-8H. The molecule has 0 aliphatic carbocycles. The van der Waals surface area contributed by atoms with Gasteiger partial charge in [-0.3, -0.25) is 0 Å². The van der Waals surface area contributed by atoms with Gasteiger partial charge < -0.3 is 10.4 Å². The van der Waals surface area contributed by atoms with Gasteiger partial charge in [0.25, 0.3) is 0 Å². The van der Waals surface area contributed by atoms with E-state index in [4.69, 9.17) is 5.11 Å². The Balaban J connectivity index is 0.000000128. The average molecular weight is 228 g/mol. The fourth-order valence-electron chi connectivity index (χ4n) is 1.23. The topological polar surface area (TPSA) is 73.8 Å². The summed E-state index contributed by atoms with van der Waals surface area (Å²) in [5, 5.41) is 21.7. The number of rotatable bonds is 0. The van der Waals surface area contributed by atoms with Crippen LogP contribution in [0.4, 0.5) is 0 Å². The number of aromatic amines is 1. The minimum Gasteiger partial charge on any atom is -0.495 e. The Morgan fingerprint density at radius 1 is 0.941 bits per heavy atom. The van der Waals surface area contributed by atoms with E-state index in [9.17, 15) is 0 Å². The molecule has 1 aliphatic heterocycles. The molecule has 0 bridgehead atoms. The zero-order valence-corrected chi connectivity index (χ0v) is 9.04. The molecule has 0 amide bonds. The van der Waals surface area contributed by atoms with Gasteiger partial charge in [0.05, 0.1) is 0 Å². The monoisotopic (exact) mass is 228 g/mol. The van der Waals surface area contributed by atoms with Gasteiger partial charge in [-0.25, -0.2) is 0 Å². The zero-order chi connectivity index (χ0) is 11.9. The number of hydrogen-bond donors (Lipinski definition) is 3. The fraction of sp³-hybridized carbons (Fsp3) is 0. The van der Waals surface area contributed by atoms with Gasteiger partial charge in [0.1, 0.15) is 11.0 Å². The third-order valence-electron chi connectivity index (χ3n) is 2.03. The van der Waals surface area contributed by atoms with Crippen LogP contribution in [-0.2, 0) is 0 Å². The Morgan fingerprint density at radius 2 is 1.65 bits per heavy atom. The lowest BCUT2D eigenvalue weighted by molar-refractivity contribution is 0.383. The predicted octanol–water partition coefficient (Wildman–Crippen LogP) is 2.02. The molecule has 0 unspecified atom stereocenters. The molecular formula is C12H12N4O. The Hall–Kier alpha value is -2.56. The Labute approximate surface area is 98.2 Å². The Bertz CT molecular complexity index is 538. The van der Waals surface area contributed by atoms with Crippen LogP contribution in [0.1, 0.15) is 0 Å². The van der Waals surface area contributed by atoms with Gasteiger partial charge in [0.15, 0.2) is 5.88 Å². The first kappa shape index (κ1) is 10.9. The molecule has 5 heteroatoms. The van der Waals surface area contributed by atoms with E-state index in [1.165, 1.54) is 0 Å². The highest BCUT2D eigenvalue weighted by Crippen LogP contribution is 2.03. The normalized spacial score (nSPS) is 13.3. The summed E-state index contributed by atoms with van der Waals surface area (Å²) in [4.78, 5) is 0. The molecule has 2 aromatic rings. The van der Waals surface area contributed by atoms with Crippen LogP contribution in [0.25, 0.3) is 11.0 Å². The van der Waals surface area contributed by atoms with Crippen molar-refractivity contribution in [2.24, 2.45) is 0 Å². The number of allylic oxidation sites excluding steroid dienone is 4. The van der Waals surface area contributed by atoms with Gasteiger partial charge in [-0.05, 0) is 24.3 Å². The Kier molecular flexibility index (Phi) is 3.54. The van der Waals surface area contributed by atoms with Crippen molar-refractivity contribution in [1.29, 1.82) is 0 Å². The van der Waals surface area contributed by atoms with Crippen LogP contribution < -0.4 is 5.32 Å². The minimum absolute atomic E-state index is 0.176. The van der Waals surface area contributed by atoms with E-state index in [1.807, 2.05) is 30.3 Å². The molecule has 3 N–H and O–H groups in total. The number of nitrogens with zero attached hydrogens (tertiary/aromatic N) is 2. The highest BCUT2D eigenvalue weighted by molar-refractivity contribution is 5.72. The third-order valence-corrected chi connectivity index (χ3v) is 2.03. The molecule has 0 spiro atoms. The van der Waals surface area contributed by atoms with Crippen molar-refractivity contribution in [1.82, 2.24) is 20.7 Å². The summed E-state index contributed by atoms with van der Waals surface area (Å²) in [6, 6.07) is 7.70. The van der Waals surface area contributed by atoms with Crippen LogP contribution in [0, 0.1) is 0 Å². The first-order valence-electron chi connectivity index (χ1n) is 5.11. The number of benzene rings is 1. The summed E-state index contributed by atoms with van der Waals surface area (Å²) in [6.07, 6.45) is 8.64. The molecule has 3 rings (SSSR count). The van der Waals surface area contributed by atoms with Gasteiger partial charge in [-0.1, -0.05) is 24.3 Å². The molecule has 86 valence electrons.